The molecule has 1 atom stereocenters. The Labute approximate surface area is 129 Å². The molecule has 0 radical (unpaired) electrons. The highest BCUT2D eigenvalue weighted by Crippen LogP contribution is 2.36. The third-order valence-corrected chi connectivity index (χ3v) is 4.77. The van der Waals surface area contributed by atoms with Crippen LogP contribution < -0.4 is 0 Å². The summed E-state index contributed by atoms with van der Waals surface area (Å²) in [5, 5.41) is 10.9. The molecule has 2 aromatic carbocycles. The van der Waals surface area contributed by atoms with Crippen molar-refractivity contribution in [1.82, 2.24) is 0 Å². The summed E-state index contributed by atoms with van der Waals surface area (Å²) < 4.78 is 0. The van der Waals surface area contributed by atoms with E-state index in [1.54, 1.807) is 6.07 Å². The zero-order chi connectivity index (χ0) is 14.1. The van der Waals surface area contributed by atoms with Gasteiger partial charge < -0.3 is 5.11 Å². The zero-order valence-electron chi connectivity index (χ0n) is 11.1. The molecule has 0 bridgehead atoms. The van der Waals surface area contributed by atoms with Gasteiger partial charge in [0.15, 0.2) is 0 Å². The van der Waals surface area contributed by atoms with Gasteiger partial charge in [0.1, 0.15) is 5.75 Å². The minimum Gasteiger partial charge on any atom is -0.508 e. The van der Waals surface area contributed by atoms with Gasteiger partial charge in [-0.25, -0.2) is 0 Å². The molecule has 0 amide bonds. The maximum atomic E-state index is 9.71. The number of hydrogen-bond donors (Lipinski definition) is 1. The van der Waals surface area contributed by atoms with E-state index in [1.165, 1.54) is 23.1 Å². The van der Waals surface area contributed by atoms with Crippen LogP contribution in [0.15, 0.2) is 36.4 Å². The van der Waals surface area contributed by atoms with Gasteiger partial charge in [-0.15, -0.1) is 0 Å². The number of rotatable bonds is 2. The van der Waals surface area contributed by atoms with Crippen molar-refractivity contribution in [3.8, 4) is 5.75 Å². The van der Waals surface area contributed by atoms with Crippen molar-refractivity contribution in [2.24, 2.45) is 0 Å². The summed E-state index contributed by atoms with van der Waals surface area (Å²) in [5.41, 5.74) is 3.84. The molecule has 0 aromatic heterocycles. The molecule has 1 nitrogen and oxygen atoms in total. The first kappa shape index (κ1) is 13.8. The van der Waals surface area contributed by atoms with Crippen LogP contribution in [0.5, 0.6) is 5.75 Å². The second kappa shape index (κ2) is 5.67. The van der Waals surface area contributed by atoms with Crippen LogP contribution in [0.4, 0.5) is 0 Å². The van der Waals surface area contributed by atoms with Crippen LogP contribution in [-0.2, 0) is 12.8 Å². The maximum absolute atomic E-state index is 9.71. The summed E-state index contributed by atoms with van der Waals surface area (Å²) >= 11 is 12.0. The lowest BCUT2D eigenvalue weighted by atomic mass is 9.79. The molecule has 3 rings (SSSR count). The summed E-state index contributed by atoms with van der Waals surface area (Å²) in [4.78, 5) is 0. The molecule has 1 aliphatic carbocycles. The molecule has 0 fully saturated rings. The number of phenolic OH excluding ortho intramolecular Hbond substituents is 1. The lowest BCUT2D eigenvalue weighted by Gasteiger charge is -2.26. The lowest BCUT2D eigenvalue weighted by Crippen LogP contribution is -2.12. The van der Waals surface area contributed by atoms with E-state index in [-0.39, 0.29) is 0 Å². The minimum absolute atomic E-state index is 0.352. The van der Waals surface area contributed by atoms with Crippen molar-refractivity contribution in [3.05, 3.63) is 63.1 Å². The van der Waals surface area contributed by atoms with E-state index in [0.717, 1.165) is 19.3 Å². The van der Waals surface area contributed by atoms with Gasteiger partial charge in [-0.1, -0.05) is 35.3 Å². The SMILES string of the molecule is Oc1ccc2c(c1)C(Cc1ccc(Cl)c(Cl)c1)CCC2. The van der Waals surface area contributed by atoms with Crippen molar-refractivity contribution in [2.75, 3.05) is 0 Å². The minimum atomic E-state index is 0.352. The molecule has 3 heteroatoms. The Hall–Kier alpha value is -1.18. The summed E-state index contributed by atoms with van der Waals surface area (Å²) in [6.45, 7) is 0. The molecule has 0 spiro atoms. The van der Waals surface area contributed by atoms with E-state index in [0.29, 0.717) is 21.7 Å². The Morgan fingerprint density at radius 1 is 1.05 bits per heavy atom. The normalized spacial score (nSPS) is 17.8. The molecule has 0 aliphatic heterocycles. The van der Waals surface area contributed by atoms with E-state index in [1.807, 2.05) is 30.3 Å². The number of hydrogen-bond acceptors (Lipinski definition) is 1. The molecular formula is C17H16Cl2O. The van der Waals surface area contributed by atoms with Gasteiger partial charge in [0.05, 0.1) is 10.0 Å². The highest BCUT2D eigenvalue weighted by atomic mass is 35.5. The summed E-state index contributed by atoms with van der Waals surface area (Å²) in [6, 6.07) is 11.6. The highest BCUT2D eigenvalue weighted by Gasteiger charge is 2.21. The number of fused-ring (bicyclic) bond motifs is 1. The molecule has 0 saturated heterocycles. The van der Waals surface area contributed by atoms with E-state index in [2.05, 4.69) is 0 Å². The van der Waals surface area contributed by atoms with Gasteiger partial charge in [0, 0.05) is 0 Å². The summed E-state index contributed by atoms with van der Waals surface area (Å²) in [7, 11) is 0. The van der Waals surface area contributed by atoms with Crippen LogP contribution >= 0.6 is 23.2 Å². The van der Waals surface area contributed by atoms with Crippen LogP contribution in [-0.4, -0.2) is 5.11 Å². The van der Waals surface area contributed by atoms with Gasteiger partial charge >= 0.3 is 0 Å². The van der Waals surface area contributed by atoms with Crippen LogP contribution in [0, 0.1) is 0 Å². The molecule has 104 valence electrons. The van der Waals surface area contributed by atoms with Crippen molar-refractivity contribution >= 4 is 23.2 Å². The van der Waals surface area contributed by atoms with E-state index in [4.69, 9.17) is 23.2 Å². The quantitative estimate of drug-likeness (QED) is 0.791. The average Bonchev–Trinajstić information content (AvgIpc) is 2.44. The van der Waals surface area contributed by atoms with E-state index in [9.17, 15) is 5.11 Å². The fraction of sp³-hybridized carbons (Fsp3) is 0.294. The van der Waals surface area contributed by atoms with Crippen molar-refractivity contribution in [2.45, 2.75) is 31.6 Å². The third kappa shape index (κ3) is 2.79. The van der Waals surface area contributed by atoms with Gasteiger partial charge in [-0.2, -0.15) is 0 Å². The fourth-order valence-corrected chi connectivity index (χ4v) is 3.37. The summed E-state index contributed by atoms with van der Waals surface area (Å²) in [5.74, 6) is 0.799. The topological polar surface area (TPSA) is 20.2 Å². The molecule has 0 heterocycles. The Bertz CT molecular complexity index is 637. The second-order valence-electron chi connectivity index (χ2n) is 5.42. The number of aryl methyl sites for hydroxylation is 1. The van der Waals surface area contributed by atoms with Gasteiger partial charge in [0.25, 0.3) is 0 Å². The van der Waals surface area contributed by atoms with Crippen molar-refractivity contribution < 1.29 is 5.11 Å². The molecule has 20 heavy (non-hydrogen) atoms. The van der Waals surface area contributed by atoms with Crippen molar-refractivity contribution in [3.63, 3.8) is 0 Å². The number of benzene rings is 2. The summed E-state index contributed by atoms with van der Waals surface area (Å²) in [6.07, 6.45) is 4.39. The first-order valence-electron chi connectivity index (χ1n) is 6.89. The number of aromatic hydroxyl groups is 1. The molecule has 1 unspecified atom stereocenters. The molecule has 2 aromatic rings. The van der Waals surface area contributed by atoms with E-state index < -0.39 is 0 Å². The zero-order valence-corrected chi connectivity index (χ0v) is 12.6. The molecule has 0 saturated carbocycles. The fourth-order valence-electron chi connectivity index (χ4n) is 3.05. The van der Waals surface area contributed by atoms with Gasteiger partial charge in [-0.3, -0.25) is 0 Å². The molecule has 1 N–H and O–H groups in total. The average molecular weight is 307 g/mol. The number of halogens is 2. The predicted molar refractivity (Wildman–Crippen MR) is 84.0 cm³/mol. The maximum Gasteiger partial charge on any atom is 0.115 e. The Morgan fingerprint density at radius 2 is 1.90 bits per heavy atom. The number of phenols is 1. The van der Waals surface area contributed by atoms with Crippen LogP contribution in [0.25, 0.3) is 0 Å². The highest BCUT2D eigenvalue weighted by molar-refractivity contribution is 6.42. The Balaban J connectivity index is 1.89. The van der Waals surface area contributed by atoms with E-state index >= 15 is 0 Å². The third-order valence-electron chi connectivity index (χ3n) is 4.03. The van der Waals surface area contributed by atoms with Crippen LogP contribution in [0.2, 0.25) is 10.0 Å². The van der Waals surface area contributed by atoms with Crippen LogP contribution in [0.1, 0.15) is 35.4 Å². The predicted octanol–water partition coefficient (Wildman–Crippen LogP) is 5.36. The smallest absolute Gasteiger partial charge is 0.115 e. The standard InChI is InChI=1S/C17H16Cl2O/c18-16-7-4-11(9-17(16)19)8-13-3-1-2-12-5-6-14(20)10-15(12)13/h4-7,9-10,13,20H,1-3,8H2. The first-order chi connectivity index (χ1) is 9.63. The second-order valence-corrected chi connectivity index (χ2v) is 6.24. The lowest BCUT2D eigenvalue weighted by molar-refractivity contribution is 0.469. The van der Waals surface area contributed by atoms with Crippen LogP contribution in [0.3, 0.4) is 0 Å². The largest absolute Gasteiger partial charge is 0.508 e. The molecule has 1 aliphatic rings. The Morgan fingerprint density at radius 3 is 2.70 bits per heavy atom. The van der Waals surface area contributed by atoms with Crippen molar-refractivity contribution in [1.29, 1.82) is 0 Å². The van der Waals surface area contributed by atoms with Gasteiger partial charge in [-0.05, 0) is 72.6 Å². The monoisotopic (exact) mass is 306 g/mol. The Kier molecular flexibility index (Phi) is 3.91. The first-order valence-corrected chi connectivity index (χ1v) is 7.65. The molecular weight excluding hydrogens is 291 g/mol. The van der Waals surface area contributed by atoms with Gasteiger partial charge in [0.2, 0.25) is 0 Å².